The molecule has 0 aromatic heterocycles. The molecule has 0 radical (unpaired) electrons. The van der Waals surface area contributed by atoms with E-state index < -0.39 is 5.41 Å². The summed E-state index contributed by atoms with van der Waals surface area (Å²) in [6.07, 6.45) is 2.45. The van der Waals surface area contributed by atoms with E-state index in [-0.39, 0.29) is 17.6 Å². The number of carbonyl (C=O) groups excluding carboxylic acids is 2. The fraction of sp³-hybridized carbons (Fsp3) is 0.500. The summed E-state index contributed by atoms with van der Waals surface area (Å²) in [5.74, 6) is -0.700. The Morgan fingerprint density at radius 3 is 2.33 bits per heavy atom. The van der Waals surface area contributed by atoms with Crippen molar-refractivity contribution < 1.29 is 14.0 Å². The summed E-state index contributed by atoms with van der Waals surface area (Å²) in [4.78, 5) is 24.1. The van der Waals surface area contributed by atoms with E-state index in [1.807, 2.05) is 6.92 Å². The summed E-state index contributed by atoms with van der Waals surface area (Å²) in [5.41, 5.74) is -0.317. The van der Waals surface area contributed by atoms with Crippen LogP contribution in [0, 0.1) is 11.2 Å². The summed E-state index contributed by atoms with van der Waals surface area (Å²) in [7, 11) is 0. The molecule has 114 valence electrons. The van der Waals surface area contributed by atoms with Crippen molar-refractivity contribution in [1.29, 1.82) is 0 Å². The van der Waals surface area contributed by atoms with Crippen molar-refractivity contribution in [2.75, 3.05) is 13.1 Å². The number of nitrogens with one attached hydrogen (secondary N) is 2. The minimum absolute atomic E-state index is 0.187. The van der Waals surface area contributed by atoms with Crippen molar-refractivity contribution in [2.24, 2.45) is 5.41 Å². The standard InChI is InChI=1S/C16H21FN2O2/c1-2-10-18-14(20)16(8-9-16)15(21)19-11-7-12-5-3-4-6-13(12)17/h3-6H,2,7-11H2,1H3,(H,18,20)(H,19,21). The van der Waals surface area contributed by atoms with E-state index in [9.17, 15) is 14.0 Å². The lowest BCUT2D eigenvalue weighted by Gasteiger charge is -2.15. The van der Waals surface area contributed by atoms with Crippen LogP contribution in [0.3, 0.4) is 0 Å². The summed E-state index contributed by atoms with van der Waals surface area (Å²) in [5, 5.41) is 5.53. The number of halogens is 1. The van der Waals surface area contributed by atoms with Gasteiger partial charge in [0.2, 0.25) is 11.8 Å². The first-order valence-corrected chi connectivity index (χ1v) is 7.40. The SMILES string of the molecule is CCCNC(=O)C1(C(=O)NCCc2ccccc2F)CC1. The third-order valence-corrected chi connectivity index (χ3v) is 3.79. The van der Waals surface area contributed by atoms with Gasteiger partial charge in [-0.3, -0.25) is 9.59 Å². The van der Waals surface area contributed by atoms with Crippen LogP contribution in [0.1, 0.15) is 31.7 Å². The number of carbonyl (C=O) groups is 2. The van der Waals surface area contributed by atoms with Crippen LogP contribution in [0.2, 0.25) is 0 Å². The molecule has 2 N–H and O–H groups in total. The lowest BCUT2D eigenvalue weighted by Crippen LogP contribution is -2.43. The van der Waals surface area contributed by atoms with Crippen LogP contribution in [0.15, 0.2) is 24.3 Å². The predicted molar refractivity (Wildman–Crippen MR) is 78.1 cm³/mol. The topological polar surface area (TPSA) is 58.2 Å². The highest BCUT2D eigenvalue weighted by atomic mass is 19.1. The van der Waals surface area contributed by atoms with Crippen LogP contribution in [-0.2, 0) is 16.0 Å². The zero-order chi connectivity index (χ0) is 15.3. The Balaban J connectivity index is 1.82. The monoisotopic (exact) mass is 292 g/mol. The van der Waals surface area contributed by atoms with E-state index in [0.29, 0.717) is 37.9 Å². The molecule has 0 atom stereocenters. The highest BCUT2D eigenvalue weighted by Crippen LogP contribution is 2.46. The van der Waals surface area contributed by atoms with Gasteiger partial charge in [-0.05, 0) is 37.3 Å². The van der Waals surface area contributed by atoms with Crippen LogP contribution < -0.4 is 10.6 Å². The first-order valence-electron chi connectivity index (χ1n) is 7.40. The van der Waals surface area contributed by atoms with E-state index in [2.05, 4.69) is 10.6 Å². The molecule has 4 nitrogen and oxygen atoms in total. The second kappa shape index (κ2) is 6.70. The molecule has 1 aromatic carbocycles. The first-order chi connectivity index (χ1) is 10.1. The lowest BCUT2D eigenvalue weighted by molar-refractivity contribution is -0.137. The van der Waals surface area contributed by atoms with Crippen molar-refractivity contribution >= 4 is 11.8 Å². The molecule has 1 aliphatic carbocycles. The molecular weight excluding hydrogens is 271 g/mol. The van der Waals surface area contributed by atoms with Gasteiger partial charge >= 0.3 is 0 Å². The number of rotatable bonds is 7. The van der Waals surface area contributed by atoms with Crippen LogP contribution in [0.25, 0.3) is 0 Å². The van der Waals surface area contributed by atoms with Gasteiger partial charge < -0.3 is 10.6 Å². The fourth-order valence-corrected chi connectivity index (χ4v) is 2.27. The molecule has 0 spiro atoms. The average Bonchev–Trinajstić information content (AvgIpc) is 3.28. The second-order valence-electron chi connectivity index (χ2n) is 5.44. The van der Waals surface area contributed by atoms with E-state index >= 15 is 0 Å². The average molecular weight is 292 g/mol. The van der Waals surface area contributed by atoms with E-state index in [1.54, 1.807) is 18.2 Å². The maximum atomic E-state index is 13.5. The van der Waals surface area contributed by atoms with Crippen molar-refractivity contribution in [3.63, 3.8) is 0 Å². The molecule has 2 amide bonds. The first kappa shape index (κ1) is 15.5. The smallest absolute Gasteiger partial charge is 0.235 e. The highest BCUT2D eigenvalue weighted by Gasteiger charge is 2.56. The largest absolute Gasteiger partial charge is 0.355 e. The van der Waals surface area contributed by atoms with Crippen molar-refractivity contribution in [3.8, 4) is 0 Å². The van der Waals surface area contributed by atoms with Crippen molar-refractivity contribution in [3.05, 3.63) is 35.6 Å². The molecule has 1 aliphatic rings. The summed E-state index contributed by atoms with van der Waals surface area (Å²) >= 11 is 0. The number of amides is 2. The van der Waals surface area contributed by atoms with Crippen LogP contribution in [0.4, 0.5) is 4.39 Å². The van der Waals surface area contributed by atoms with Gasteiger partial charge in [0, 0.05) is 13.1 Å². The number of benzene rings is 1. The number of hydrogen-bond acceptors (Lipinski definition) is 2. The van der Waals surface area contributed by atoms with Gasteiger partial charge in [0.1, 0.15) is 11.2 Å². The lowest BCUT2D eigenvalue weighted by atomic mass is 10.0. The van der Waals surface area contributed by atoms with Gasteiger partial charge in [-0.15, -0.1) is 0 Å². The molecule has 0 bridgehead atoms. The van der Waals surface area contributed by atoms with Crippen molar-refractivity contribution in [1.82, 2.24) is 10.6 Å². The van der Waals surface area contributed by atoms with Gasteiger partial charge in [-0.25, -0.2) is 4.39 Å². The molecule has 1 fully saturated rings. The fourth-order valence-electron chi connectivity index (χ4n) is 2.27. The van der Waals surface area contributed by atoms with Gasteiger partial charge in [-0.2, -0.15) is 0 Å². The molecular formula is C16H21FN2O2. The zero-order valence-corrected chi connectivity index (χ0v) is 12.2. The van der Waals surface area contributed by atoms with Gasteiger partial charge in [0.25, 0.3) is 0 Å². The van der Waals surface area contributed by atoms with Gasteiger partial charge in [0.15, 0.2) is 0 Å². The van der Waals surface area contributed by atoms with Crippen molar-refractivity contribution in [2.45, 2.75) is 32.6 Å². The Labute approximate surface area is 124 Å². The molecule has 1 aromatic rings. The van der Waals surface area contributed by atoms with Crippen LogP contribution >= 0.6 is 0 Å². The molecule has 2 rings (SSSR count). The van der Waals surface area contributed by atoms with Gasteiger partial charge in [0.05, 0.1) is 0 Å². The van der Waals surface area contributed by atoms with E-state index in [4.69, 9.17) is 0 Å². The molecule has 0 heterocycles. The van der Waals surface area contributed by atoms with E-state index in [0.717, 1.165) is 6.42 Å². The Morgan fingerprint density at radius 2 is 1.76 bits per heavy atom. The Bertz CT molecular complexity index is 527. The van der Waals surface area contributed by atoms with Crippen LogP contribution in [-0.4, -0.2) is 24.9 Å². The molecule has 0 aliphatic heterocycles. The molecule has 0 saturated heterocycles. The minimum Gasteiger partial charge on any atom is -0.355 e. The normalized spacial score (nSPS) is 15.3. The Kier molecular flexibility index (Phi) is 4.94. The quantitative estimate of drug-likeness (QED) is 0.753. The summed E-state index contributed by atoms with van der Waals surface area (Å²) < 4.78 is 13.5. The maximum absolute atomic E-state index is 13.5. The molecule has 21 heavy (non-hydrogen) atoms. The Hall–Kier alpha value is -1.91. The summed E-state index contributed by atoms with van der Waals surface area (Å²) in [6.45, 7) is 2.89. The van der Waals surface area contributed by atoms with Gasteiger partial charge in [-0.1, -0.05) is 25.1 Å². The third-order valence-electron chi connectivity index (χ3n) is 3.79. The van der Waals surface area contributed by atoms with Crippen LogP contribution in [0.5, 0.6) is 0 Å². The molecule has 1 saturated carbocycles. The second-order valence-corrected chi connectivity index (χ2v) is 5.44. The number of hydrogen-bond donors (Lipinski definition) is 2. The highest BCUT2D eigenvalue weighted by molar-refractivity contribution is 6.07. The van der Waals surface area contributed by atoms with E-state index in [1.165, 1.54) is 6.07 Å². The molecule has 0 unspecified atom stereocenters. The zero-order valence-electron chi connectivity index (χ0n) is 12.2. The summed E-state index contributed by atoms with van der Waals surface area (Å²) in [6, 6.07) is 6.50. The maximum Gasteiger partial charge on any atom is 0.235 e. The molecule has 5 heteroatoms. The predicted octanol–water partition coefficient (Wildman–Crippen LogP) is 1.79. The minimum atomic E-state index is -0.885. The Morgan fingerprint density at radius 1 is 1.14 bits per heavy atom. The third kappa shape index (κ3) is 3.60.